The van der Waals surface area contributed by atoms with E-state index in [1.54, 1.807) is 6.07 Å². The van der Waals surface area contributed by atoms with Gasteiger partial charge >= 0.3 is 0 Å². The molecule has 0 aliphatic rings. The van der Waals surface area contributed by atoms with Gasteiger partial charge in [-0.3, -0.25) is 0 Å². The third-order valence-corrected chi connectivity index (χ3v) is 1.68. The Balaban J connectivity index is 3.33. The fourth-order valence-corrected chi connectivity index (χ4v) is 0.961. The first-order valence-corrected chi connectivity index (χ1v) is 3.58. The smallest absolute Gasteiger partial charge is 0.267 e. The molecule has 0 spiro atoms. The number of rotatable bonds is 1. The molecule has 1 heterocycles. The minimum atomic E-state index is -2.75. The quantitative estimate of drug-likeness (QED) is 0.711. The van der Waals surface area contributed by atoms with Crippen LogP contribution in [-0.4, -0.2) is 4.98 Å². The first kappa shape index (κ1) is 9.68. The van der Waals surface area contributed by atoms with E-state index in [-0.39, 0.29) is 16.5 Å². The third-order valence-electron chi connectivity index (χ3n) is 1.39. The second kappa shape index (κ2) is 3.54. The van der Waals surface area contributed by atoms with Crippen LogP contribution >= 0.6 is 11.6 Å². The monoisotopic (exact) mass is 203 g/mol. The molecule has 0 aliphatic heterocycles. The molecule has 0 bridgehead atoms. The second-order valence-electron chi connectivity index (χ2n) is 2.21. The van der Waals surface area contributed by atoms with E-state index in [4.69, 9.17) is 22.6 Å². The van der Waals surface area contributed by atoms with Crippen molar-refractivity contribution in [1.82, 2.24) is 4.98 Å². The Kier molecular flexibility index (Phi) is 2.63. The predicted octanol–water partition coefficient (Wildman–Crippen LogP) is 2.13. The minimum absolute atomic E-state index is 0.105. The molecule has 0 saturated carbocycles. The first-order chi connectivity index (χ1) is 6.06. The van der Waals surface area contributed by atoms with Gasteiger partial charge in [0.1, 0.15) is 17.0 Å². The maximum atomic E-state index is 12.2. The van der Waals surface area contributed by atoms with Crippen LogP contribution in [0.25, 0.3) is 0 Å². The van der Waals surface area contributed by atoms with Gasteiger partial charge in [0.25, 0.3) is 6.43 Å². The summed E-state index contributed by atoms with van der Waals surface area (Å²) >= 11 is 5.45. The van der Waals surface area contributed by atoms with Gasteiger partial charge in [0.05, 0.1) is 11.1 Å². The number of nitrogen functional groups attached to an aromatic ring is 1. The van der Waals surface area contributed by atoms with Gasteiger partial charge in [-0.15, -0.1) is 0 Å². The molecular formula is C7H4ClF2N3. The van der Waals surface area contributed by atoms with E-state index >= 15 is 0 Å². The highest BCUT2D eigenvalue weighted by Gasteiger charge is 2.15. The van der Waals surface area contributed by atoms with Crippen LogP contribution in [0.3, 0.4) is 0 Å². The number of halogens is 3. The molecule has 1 rings (SSSR count). The van der Waals surface area contributed by atoms with Gasteiger partial charge in [-0.25, -0.2) is 13.8 Å². The van der Waals surface area contributed by atoms with Gasteiger partial charge in [0.2, 0.25) is 0 Å². The Labute approximate surface area is 77.7 Å². The van der Waals surface area contributed by atoms with Crippen molar-refractivity contribution in [2.24, 2.45) is 0 Å². The lowest BCUT2D eigenvalue weighted by Crippen LogP contribution is -2.00. The number of hydrogen-bond donors (Lipinski definition) is 1. The highest BCUT2D eigenvalue weighted by atomic mass is 35.5. The lowest BCUT2D eigenvalue weighted by Gasteiger charge is -2.04. The van der Waals surface area contributed by atoms with E-state index in [2.05, 4.69) is 4.98 Å². The predicted molar refractivity (Wildman–Crippen MR) is 43.3 cm³/mol. The van der Waals surface area contributed by atoms with Crippen molar-refractivity contribution in [3.8, 4) is 6.07 Å². The number of nitrogens with two attached hydrogens (primary N) is 1. The summed E-state index contributed by atoms with van der Waals surface area (Å²) in [7, 11) is 0. The molecule has 0 fully saturated rings. The molecule has 6 heteroatoms. The maximum absolute atomic E-state index is 12.2. The zero-order valence-electron chi connectivity index (χ0n) is 6.26. The van der Waals surface area contributed by atoms with E-state index in [0.29, 0.717) is 0 Å². The van der Waals surface area contributed by atoms with E-state index in [1.165, 1.54) is 0 Å². The lowest BCUT2D eigenvalue weighted by molar-refractivity contribution is 0.152. The number of nitrogens with zero attached hydrogens (tertiary/aromatic N) is 2. The minimum Gasteiger partial charge on any atom is -0.383 e. The molecule has 1 aromatic rings. The van der Waals surface area contributed by atoms with Crippen LogP contribution in [-0.2, 0) is 0 Å². The maximum Gasteiger partial charge on any atom is 0.267 e. The number of alkyl halides is 2. The van der Waals surface area contributed by atoms with Crippen molar-refractivity contribution in [3.05, 3.63) is 22.3 Å². The Bertz CT molecular complexity index is 373. The largest absolute Gasteiger partial charge is 0.383 e. The van der Waals surface area contributed by atoms with E-state index in [9.17, 15) is 8.78 Å². The van der Waals surface area contributed by atoms with Crippen molar-refractivity contribution in [2.45, 2.75) is 6.43 Å². The standard InChI is InChI=1S/C7H4ClF2N3/c8-5-3(2-11)1-4(6(9)10)7(12)13-5/h1,6H,(H2,12,13). The summed E-state index contributed by atoms with van der Waals surface area (Å²) in [5, 5.41) is 8.29. The summed E-state index contributed by atoms with van der Waals surface area (Å²) in [6.45, 7) is 0. The van der Waals surface area contributed by atoms with E-state index in [0.717, 1.165) is 6.07 Å². The summed E-state index contributed by atoms with van der Waals surface area (Å²) in [5.74, 6) is -0.348. The number of pyridine rings is 1. The highest BCUT2D eigenvalue weighted by molar-refractivity contribution is 6.30. The average molecular weight is 204 g/mol. The van der Waals surface area contributed by atoms with Crippen molar-refractivity contribution >= 4 is 17.4 Å². The van der Waals surface area contributed by atoms with Gasteiger partial charge < -0.3 is 5.73 Å². The third kappa shape index (κ3) is 1.84. The van der Waals surface area contributed by atoms with Crippen molar-refractivity contribution < 1.29 is 8.78 Å². The van der Waals surface area contributed by atoms with Crippen molar-refractivity contribution in [1.29, 1.82) is 5.26 Å². The van der Waals surface area contributed by atoms with Crippen LogP contribution in [0.5, 0.6) is 0 Å². The van der Waals surface area contributed by atoms with Crippen LogP contribution in [0.1, 0.15) is 17.6 Å². The van der Waals surface area contributed by atoms with Gasteiger partial charge in [0, 0.05) is 0 Å². The van der Waals surface area contributed by atoms with Crippen LogP contribution < -0.4 is 5.73 Å². The second-order valence-corrected chi connectivity index (χ2v) is 2.57. The Morgan fingerprint density at radius 2 is 2.23 bits per heavy atom. The normalized spacial score (nSPS) is 10.1. The molecule has 3 nitrogen and oxygen atoms in total. The SMILES string of the molecule is N#Cc1cc(C(F)F)c(N)nc1Cl. The lowest BCUT2D eigenvalue weighted by atomic mass is 10.2. The van der Waals surface area contributed by atoms with Gasteiger partial charge in [-0.2, -0.15) is 5.26 Å². The van der Waals surface area contributed by atoms with E-state index < -0.39 is 12.0 Å². The summed E-state index contributed by atoms with van der Waals surface area (Å²) in [5.41, 5.74) is 4.58. The first-order valence-electron chi connectivity index (χ1n) is 3.20. The fraction of sp³-hybridized carbons (Fsp3) is 0.143. The molecule has 0 radical (unpaired) electrons. The molecule has 13 heavy (non-hydrogen) atoms. The number of nitriles is 1. The summed E-state index contributed by atoms with van der Waals surface area (Å²) in [6.07, 6.45) is -2.75. The van der Waals surface area contributed by atoms with Crippen molar-refractivity contribution in [3.63, 3.8) is 0 Å². The van der Waals surface area contributed by atoms with Gasteiger partial charge in [-0.1, -0.05) is 11.6 Å². The fourth-order valence-electron chi connectivity index (χ4n) is 0.773. The zero-order chi connectivity index (χ0) is 10.0. The molecular weight excluding hydrogens is 200 g/mol. The van der Waals surface area contributed by atoms with Crippen LogP contribution in [0.4, 0.5) is 14.6 Å². The molecule has 0 aromatic carbocycles. The Hall–Kier alpha value is -1.41. The molecule has 0 amide bonds. The Morgan fingerprint density at radius 3 is 2.69 bits per heavy atom. The molecule has 0 atom stereocenters. The average Bonchev–Trinajstić information content (AvgIpc) is 2.03. The molecule has 0 unspecified atom stereocenters. The summed E-state index contributed by atoms with van der Waals surface area (Å²) in [6, 6.07) is 2.57. The topological polar surface area (TPSA) is 62.7 Å². The number of anilines is 1. The summed E-state index contributed by atoms with van der Waals surface area (Å²) < 4.78 is 24.4. The molecule has 2 N–H and O–H groups in total. The molecule has 0 saturated heterocycles. The number of hydrogen-bond acceptors (Lipinski definition) is 3. The molecule has 68 valence electrons. The van der Waals surface area contributed by atoms with E-state index in [1.807, 2.05) is 0 Å². The Morgan fingerprint density at radius 1 is 1.62 bits per heavy atom. The summed E-state index contributed by atoms with van der Waals surface area (Å²) in [4.78, 5) is 3.41. The van der Waals surface area contributed by atoms with Gasteiger partial charge in [-0.05, 0) is 6.07 Å². The number of aromatic nitrogens is 1. The van der Waals surface area contributed by atoms with Gasteiger partial charge in [0.15, 0.2) is 0 Å². The molecule has 0 aliphatic carbocycles. The molecule has 1 aromatic heterocycles. The zero-order valence-corrected chi connectivity index (χ0v) is 7.02. The van der Waals surface area contributed by atoms with Crippen LogP contribution in [0.2, 0.25) is 5.15 Å². The van der Waals surface area contributed by atoms with Crippen molar-refractivity contribution in [2.75, 3.05) is 5.73 Å². The van der Waals surface area contributed by atoms with Crippen LogP contribution in [0, 0.1) is 11.3 Å². The van der Waals surface area contributed by atoms with Crippen LogP contribution in [0.15, 0.2) is 6.07 Å². The highest BCUT2D eigenvalue weighted by Crippen LogP contribution is 2.27.